The van der Waals surface area contributed by atoms with E-state index in [9.17, 15) is 4.79 Å². The number of rotatable bonds is 9. The van der Waals surface area contributed by atoms with Crippen molar-refractivity contribution < 1.29 is 14.3 Å². The van der Waals surface area contributed by atoms with Crippen LogP contribution in [0.1, 0.15) is 18.9 Å². The molecule has 0 aliphatic rings. The summed E-state index contributed by atoms with van der Waals surface area (Å²) in [4.78, 5) is 11.8. The average Bonchev–Trinajstić information content (AvgIpc) is 2.44. The fourth-order valence-corrected chi connectivity index (χ4v) is 1.76. The molecule has 0 aromatic heterocycles. The molecule has 0 bridgehead atoms. The quantitative estimate of drug-likeness (QED) is 0.670. The molecule has 1 unspecified atom stereocenters. The van der Waals surface area contributed by atoms with Gasteiger partial charge in [-0.25, -0.2) is 0 Å². The number of carbonyl (C=O) groups is 1. The lowest BCUT2D eigenvalue weighted by molar-refractivity contribution is -0.127. The Bertz CT molecular complexity index is 410. The van der Waals surface area contributed by atoms with Crippen molar-refractivity contribution in [3.8, 4) is 5.75 Å². The third kappa shape index (κ3) is 6.04. The monoisotopic (exact) mass is 280 g/mol. The summed E-state index contributed by atoms with van der Waals surface area (Å²) in [6.07, 6.45) is 0.287. The molecule has 20 heavy (non-hydrogen) atoms. The van der Waals surface area contributed by atoms with Crippen molar-refractivity contribution in [3.63, 3.8) is 0 Å². The maximum Gasteiger partial charge on any atom is 0.260 e. The van der Waals surface area contributed by atoms with Gasteiger partial charge in [0.25, 0.3) is 5.91 Å². The van der Waals surface area contributed by atoms with E-state index in [-0.39, 0.29) is 5.91 Å². The first kappa shape index (κ1) is 16.5. The van der Waals surface area contributed by atoms with E-state index < -0.39 is 6.10 Å². The molecule has 0 spiro atoms. The van der Waals surface area contributed by atoms with Crippen molar-refractivity contribution in [2.75, 3.05) is 27.3 Å². The third-order valence-electron chi connectivity index (χ3n) is 2.79. The second-order valence-electron chi connectivity index (χ2n) is 4.58. The molecule has 1 atom stereocenters. The standard InChI is InChI=1S/C15H24N2O3/c1-12(15(18)17-8-5-9-19-3)20-14-7-4-6-13(10-14)11-16-2/h4,6-7,10,12,16H,5,8-9,11H2,1-3H3,(H,17,18). The number of hydrogen-bond acceptors (Lipinski definition) is 4. The third-order valence-corrected chi connectivity index (χ3v) is 2.79. The Hall–Kier alpha value is -1.59. The summed E-state index contributed by atoms with van der Waals surface area (Å²) in [6, 6.07) is 7.73. The van der Waals surface area contributed by atoms with Crippen LogP contribution in [0.5, 0.6) is 5.75 Å². The van der Waals surface area contributed by atoms with Gasteiger partial charge < -0.3 is 20.1 Å². The minimum absolute atomic E-state index is 0.111. The van der Waals surface area contributed by atoms with E-state index >= 15 is 0 Å². The molecule has 0 saturated heterocycles. The smallest absolute Gasteiger partial charge is 0.260 e. The maximum absolute atomic E-state index is 11.8. The van der Waals surface area contributed by atoms with Crippen molar-refractivity contribution in [3.05, 3.63) is 29.8 Å². The van der Waals surface area contributed by atoms with Crippen LogP contribution < -0.4 is 15.4 Å². The predicted molar refractivity (Wildman–Crippen MR) is 78.8 cm³/mol. The molecular formula is C15H24N2O3. The van der Waals surface area contributed by atoms with Crippen LogP contribution in [0.3, 0.4) is 0 Å². The van der Waals surface area contributed by atoms with Gasteiger partial charge in [-0.3, -0.25) is 4.79 Å². The molecule has 1 aromatic rings. The summed E-state index contributed by atoms with van der Waals surface area (Å²) in [5.74, 6) is 0.595. The Labute approximate surface area is 120 Å². The largest absolute Gasteiger partial charge is 0.481 e. The highest BCUT2D eigenvalue weighted by Crippen LogP contribution is 2.14. The Kier molecular flexibility index (Phi) is 7.69. The average molecular weight is 280 g/mol. The van der Waals surface area contributed by atoms with Crippen LogP contribution in [0.15, 0.2) is 24.3 Å². The van der Waals surface area contributed by atoms with Crippen molar-refractivity contribution in [1.29, 1.82) is 0 Å². The molecule has 0 radical (unpaired) electrons. The topological polar surface area (TPSA) is 59.6 Å². The number of hydrogen-bond donors (Lipinski definition) is 2. The molecule has 0 saturated carbocycles. The highest BCUT2D eigenvalue weighted by Gasteiger charge is 2.13. The zero-order valence-electron chi connectivity index (χ0n) is 12.4. The zero-order valence-corrected chi connectivity index (χ0v) is 12.4. The van der Waals surface area contributed by atoms with E-state index in [2.05, 4.69) is 10.6 Å². The zero-order chi connectivity index (χ0) is 14.8. The fourth-order valence-electron chi connectivity index (χ4n) is 1.76. The van der Waals surface area contributed by atoms with Gasteiger partial charge >= 0.3 is 0 Å². The first-order chi connectivity index (χ1) is 9.67. The van der Waals surface area contributed by atoms with Gasteiger partial charge in [0.2, 0.25) is 0 Å². The summed E-state index contributed by atoms with van der Waals surface area (Å²) >= 11 is 0. The normalized spacial score (nSPS) is 11.9. The van der Waals surface area contributed by atoms with E-state index in [0.717, 1.165) is 18.5 Å². The van der Waals surface area contributed by atoms with Crippen molar-refractivity contribution in [1.82, 2.24) is 10.6 Å². The second kappa shape index (κ2) is 9.34. The number of amides is 1. The first-order valence-corrected chi connectivity index (χ1v) is 6.84. The highest BCUT2D eigenvalue weighted by atomic mass is 16.5. The summed E-state index contributed by atoms with van der Waals surface area (Å²) in [5, 5.41) is 5.90. The van der Waals surface area contributed by atoms with Gasteiger partial charge in [-0.1, -0.05) is 12.1 Å². The van der Waals surface area contributed by atoms with Gasteiger partial charge in [0.1, 0.15) is 5.75 Å². The Morgan fingerprint density at radius 1 is 1.40 bits per heavy atom. The van der Waals surface area contributed by atoms with Crippen LogP contribution in [-0.2, 0) is 16.1 Å². The van der Waals surface area contributed by atoms with Gasteiger partial charge in [-0.15, -0.1) is 0 Å². The van der Waals surface area contributed by atoms with Crippen molar-refractivity contribution in [2.45, 2.75) is 26.0 Å². The molecule has 0 heterocycles. The van der Waals surface area contributed by atoms with Crippen molar-refractivity contribution >= 4 is 5.91 Å². The minimum Gasteiger partial charge on any atom is -0.481 e. The maximum atomic E-state index is 11.8. The fraction of sp³-hybridized carbons (Fsp3) is 0.533. The van der Waals surface area contributed by atoms with Crippen molar-refractivity contribution in [2.24, 2.45) is 0 Å². The van der Waals surface area contributed by atoms with E-state index in [4.69, 9.17) is 9.47 Å². The van der Waals surface area contributed by atoms with Gasteiger partial charge in [-0.05, 0) is 38.1 Å². The Balaban J connectivity index is 2.42. The molecule has 1 rings (SSSR count). The second-order valence-corrected chi connectivity index (χ2v) is 4.58. The van der Waals surface area contributed by atoms with Gasteiger partial charge in [0, 0.05) is 26.8 Å². The molecule has 0 aliphatic carbocycles. The SMILES string of the molecule is CNCc1cccc(OC(C)C(=O)NCCCOC)c1. The molecule has 0 aliphatic heterocycles. The molecule has 2 N–H and O–H groups in total. The number of benzene rings is 1. The summed E-state index contributed by atoms with van der Waals surface area (Å²) in [7, 11) is 3.54. The van der Waals surface area contributed by atoms with Crippen LogP contribution in [-0.4, -0.2) is 39.3 Å². The van der Waals surface area contributed by atoms with Crippen LogP contribution >= 0.6 is 0 Å². The predicted octanol–water partition coefficient (Wildman–Crippen LogP) is 1.33. The number of methoxy groups -OCH3 is 1. The van der Waals surface area contributed by atoms with Crippen LogP contribution in [0, 0.1) is 0 Å². The van der Waals surface area contributed by atoms with Crippen LogP contribution in [0.2, 0.25) is 0 Å². The lowest BCUT2D eigenvalue weighted by atomic mass is 10.2. The summed E-state index contributed by atoms with van der Waals surface area (Å²) < 4.78 is 10.6. The number of carbonyl (C=O) groups excluding carboxylic acids is 1. The van der Waals surface area contributed by atoms with E-state index in [1.54, 1.807) is 14.0 Å². The molecule has 1 amide bonds. The lowest BCUT2D eigenvalue weighted by Crippen LogP contribution is -2.37. The molecule has 112 valence electrons. The van der Waals surface area contributed by atoms with Gasteiger partial charge in [0.15, 0.2) is 6.10 Å². The Morgan fingerprint density at radius 3 is 2.90 bits per heavy atom. The summed E-state index contributed by atoms with van der Waals surface area (Å²) in [6.45, 7) is 3.76. The first-order valence-electron chi connectivity index (χ1n) is 6.84. The minimum atomic E-state index is -0.512. The number of nitrogens with one attached hydrogen (secondary N) is 2. The van der Waals surface area contributed by atoms with Crippen LogP contribution in [0.25, 0.3) is 0 Å². The van der Waals surface area contributed by atoms with E-state index in [1.165, 1.54) is 0 Å². The molecule has 5 heteroatoms. The van der Waals surface area contributed by atoms with Crippen LogP contribution in [0.4, 0.5) is 0 Å². The van der Waals surface area contributed by atoms with E-state index in [1.807, 2.05) is 31.3 Å². The molecule has 1 aromatic carbocycles. The van der Waals surface area contributed by atoms with Gasteiger partial charge in [0.05, 0.1) is 0 Å². The van der Waals surface area contributed by atoms with E-state index in [0.29, 0.717) is 18.9 Å². The Morgan fingerprint density at radius 2 is 2.20 bits per heavy atom. The molecule has 5 nitrogen and oxygen atoms in total. The highest BCUT2D eigenvalue weighted by molar-refractivity contribution is 5.80. The van der Waals surface area contributed by atoms with Gasteiger partial charge in [-0.2, -0.15) is 0 Å². The number of ether oxygens (including phenoxy) is 2. The summed E-state index contributed by atoms with van der Waals surface area (Å²) in [5.41, 5.74) is 1.12. The molecule has 0 fully saturated rings. The molecular weight excluding hydrogens is 256 g/mol. The lowest BCUT2D eigenvalue weighted by Gasteiger charge is -2.15.